The van der Waals surface area contributed by atoms with Crippen molar-refractivity contribution in [2.75, 3.05) is 4.43 Å². The maximum absolute atomic E-state index is 2.58. The molecule has 0 rings (SSSR count). The van der Waals surface area contributed by atoms with Crippen molar-refractivity contribution in [3.05, 3.63) is 0 Å². The molecule has 0 N–H and O–H groups in total. The van der Waals surface area contributed by atoms with Crippen LogP contribution in [0.5, 0.6) is 0 Å². The van der Waals surface area contributed by atoms with Gasteiger partial charge >= 0.3 is 0 Å². The lowest BCUT2D eigenvalue weighted by atomic mass is 10.2. The zero-order valence-corrected chi connectivity index (χ0v) is 16.7. The normalized spacial score (nSPS) is 22.4. The van der Waals surface area contributed by atoms with E-state index in [1.807, 2.05) is 0 Å². The topological polar surface area (TPSA) is 0 Å². The van der Waals surface area contributed by atoms with Crippen molar-refractivity contribution in [3.63, 3.8) is 0 Å². The highest BCUT2D eigenvalue weighted by molar-refractivity contribution is 14.1. The molecule has 0 aliphatic heterocycles. The van der Waals surface area contributed by atoms with Crippen LogP contribution in [0.4, 0.5) is 0 Å². The molecule has 0 fully saturated rings. The Morgan fingerprint density at radius 3 is 1.73 bits per heavy atom. The molecule has 0 radical (unpaired) electrons. The fourth-order valence-electron chi connectivity index (χ4n) is 0.538. The molecule has 0 bridgehead atoms. The fraction of sp³-hybridized carbons (Fsp3) is 1.00. The Morgan fingerprint density at radius 2 is 1.45 bits per heavy atom. The molecule has 0 heterocycles. The Kier molecular flexibility index (Phi) is 10.5. The van der Waals surface area contributed by atoms with Crippen molar-refractivity contribution in [1.29, 1.82) is 0 Å². The highest BCUT2D eigenvalue weighted by Crippen LogP contribution is 2.30. The minimum absolute atomic E-state index is 0.773. The Morgan fingerprint density at radius 1 is 1.00 bits per heavy atom. The fourth-order valence-corrected chi connectivity index (χ4v) is 5.92. The summed E-state index contributed by atoms with van der Waals surface area (Å²) in [5, 5.41) is 0. The van der Waals surface area contributed by atoms with Gasteiger partial charge in [0.15, 0.2) is 0 Å². The van der Waals surface area contributed by atoms with E-state index >= 15 is 0 Å². The average Bonchev–Trinajstić information content (AvgIpc) is 2.00. The molecule has 0 aromatic carbocycles. The van der Waals surface area contributed by atoms with E-state index in [2.05, 4.69) is 120 Å². The van der Waals surface area contributed by atoms with E-state index in [0.29, 0.717) is 0 Å². The molecule has 11 heavy (non-hydrogen) atoms. The Labute approximate surface area is 137 Å². The van der Waals surface area contributed by atoms with Crippen LogP contribution >= 0.6 is 113 Å². The van der Waals surface area contributed by atoms with Crippen LogP contribution in [0.2, 0.25) is 0 Å². The Bertz CT molecular complexity index is 105. The molecule has 0 saturated heterocycles. The predicted octanol–water partition coefficient (Wildman–Crippen LogP) is 4.66. The van der Waals surface area contributed by atoms with Crippen LogP contribution in [0, 0.1) is 0 Å². The van der Waals surface area contributed by atoms with Gasteiger partial charge in [-0.25, -0.2) is 0 Å². The molecule has 68 valence electrons. The summed E-state index contributed by atoms with van der Waals surface area (Å²) in [5.74, 6) is 0. The molecule has 3 unspecified atom stereocenters. The molecule has 0 saturated carbocycles. The van der Waals surface area contributed by atoms with E-state index in [0.717, 1.165) is 15.7 Å². The highest BCUT2D eigenvalue weighted by atomic mass is 127. The smallest absolute Gasteiger partial charge is 0.0363 e. The molecule has 0 amide bonds. The van der Waals surface area contributed by atoms with Crippen molar-refractivity contribution in [2.24, 2.45) is 0 Å². The third-order valence-electron chi connectivity index (χ3n) is 1.24. The van der Waals surface area contributed by atoms with Crippen molar-refractivity contribution >= 4 is 113 Å². The third kappa shape index (κ3) is 5.95. The van der Waals surface area contributed by atoms with Gasteiger partial charge in [-0.2, -0.15) is 0 Å². The summed E-state index contributed by atoms with van der Waals surface area (Å²) in [6.45, 7) is 2.29. The number of alkyl halides is 5. The standard InChI is InChI=1S/C6H9I5/c1-3(8)5(10)6(11)4(9)2-7/h3-6H,2H2,1H3/t3-,4?,5?,6?/m1/s1. The van der Waals surface area contributed by atoms with E-state index in [1.54, 1.807) is 0 Å². The Balaban J connectivity index is 3.90. The maximum atomic E-state index is 2.58. The SMILES string of the molecule is C[C@@H](I)C(I)C(I)C(I)CI. The summed E-state index contributed by atoms with van der Waals surface area (Å²) in [7, 11) is 0. The second-order valence-corrected chi connectivity index (χ2v) is 9.56. The van der Waals surface area contributed by atoms with Crippen molar-refractivity contribution in [1.82, 2.24) is 0 Å². The molecule has 5 heteroatoms. The first-order valence-electron chi connectivity index (χ1n) is 3.13. The minimum Gasteiger partial charge on any atom is -0.0852 e. The summed E-state index contributed by atoms with van der Waals surface area (Å²) in [6.07, 6.45) is 0. The van der Waals surface area contributed by atoms with Gasteiger partial charge in [0, 0.05) is 20.1 Å². The molecule has 4 atom stereocenters. The molecule has 0 spiro atoms. The van der Waals surface area contributed by atoms with Gasteiger partial charge in [0.1, 0.15) is 0 Å². The van der Waals surface area contributed by atoms with Crippen LogP contribution in [-0.4, -0.2) is 20.1 Å². The van der Waals surface area contributed by atoms with Gasteiger partial charge < -0.3 is 0 Å². The molecule has 0 aliphatic rings. The summed E-state index contributed by atoms with van der Waals surface area (Å²) in [5.41, 5.74) is 0. The maximum Gasteiger partial charge on any atom is 0.0363 e. The summed E-state index contributed by atoms with van der Waals surface area (Å²) < 4.78 is 4.45. The summed E-state index contributed by atoms with van der Waals surface area (Å²) in [4.78, 5) is 0. The van der Waals surface area contributed by atoms with Gasteiger partial charge in [-0.05, 0) is 0 Å². The third-order valence-corrected chi connectivity index (χ3v) is 13.5. The van der Waals surface area contributed by atoms with Crippen LogP contribution in [-0.2, 0) is 0 Å². The van der Waals surface area contributed by atoms with Crippen molar-refractivity contribution in [2.45, 2.75) is 22.6 Å². The first-order valence-corrected chi connectivity index (χ1v) is 9.63. The van der Waals surface area contributed by atoms with Crippen LogP contribution in [0.15, 0.2) is 0 Å². The lowest BCUT2D eigenvalue weighted by Crippen LogP contribution is -2.30. The van der Waals surface area contributed by atoms with E-state index in [-0.39, 0.29) is 0 Å². The number of hydrogen-bond donors (Lipinski definition) is 0. The molecule has 0 aromatic heterocycles. The molecule has 0 aromatic rings. The van der Waals surface area contributed by atoms with Crippen molar-refractivity contribution < 1.29 is 0 Å². The van der Waals surface area contributed by atoms with Crippen LogP contribution in [0.1, 0.15) is 6.92 Å². The second kappa shape index (κ2) is 7.88. The van der Waals surface area contributed by atoms with E-state index < -0.39 is 0 Å². The van der Waals surface area contributed by atoms with Gasteiger partial charge in [-0.1, -0.05) is 120 Å². The second-order valence-electron chi connectivity index (χ2n) is 2.24. The van der Waals surface area contributed by atoms with Crippen molar-refractivity contribution in [3.8, 4) is 0 Å². The number of rotatable bonds is 4. The van der Waals surface area contributed by atoms with Gasteiger partial charge in [0.2, 0.25) is 0 Å². The molecular formula is C6H9I5. The van der Waals surface area contributed by atoms with E-state index in [9.17, 15) is 0 Å². The zero-order valence-electron chi connectivity index (χ0n) is 5.91. The summed E-state index contributed by atoms with van der Waals surface area (Å²) in [6, 6.07) is 0. The molecular weight excluding hydrogens is 707 g/mol. The van der Waals surface area contributed by atoms with Gasteiger partial charge in [-0.3, -0.25) is 0 Å². The zero-order chi connectivity index (χ0) is 9.02. The van der Waals surface area contributed by atoms with E-state index in [4.69, 9.17) is 0 Å². The minimum atomic E-state index is 0.773. The van der Waals surface area contributed by atoms with E-state index in [1.165, 1.54) is 4.43 Å². The number of hydrogen-bond acceptors (Lipinski definition) is 0. The lowest BCUT2D eigenvalue weighted by molar-refractivity contribution is 0.846. The molecule has 0 nitrogen and oxygen atoms in total. The van der Waals surface area contributed by atoms with Gasteiger partial charge in [0.05, 0.1) is 0 Å². The first kappa shape index (κ1) is 14.6. The quantitative estimate of drug-likeness (QED) is 0.294. The van der Waals surface area contributed by atoms with Gasteiger partial charge in [0.25, 0.3) is 0 Å². The van der Waals surface area contributed by atoms with Crippen LogP contribution < -0.4 is 0 Å². The Hall–Kier alpha value is 3.65. The monoisotopic (exact) mass is 716 g/mol. The van der Waals surface area contributed by atoms with Gasteiger partial charge in [-0.15, -0.1) is 0 Å². The number of halogens is 5. The van der Waals surface area contributed by atoms with Crippen LogP contribution in [0.3, 0.4) is 0 Å². The van der Waals surface area contributed by atoms with Crippen LogP contribution in [0.25, 0.3) is 0 Å². The molecule has 0 aliphatic carbocycles. The largest absolute Gasteiger partial charge is 0.0852 e. The lowest BCUT2D eigenvalue weighted by Gasteiger charge is -2.22. The summed E-state index contributed by atoms with van der Waals surface area (Å²) >= 11 is 12.7. The average molecular weight is 716 g/mol. The highest BCUT2D eigenvalue weighted by Gasteiger charge is 2.25. The predicted molar refractivity (Wildman–Crippen MR) is 95.8 cm³/mol. The first-order chi connectivity index (χ1) is 5.00.